The van der Waals surface area contributed by atoms with E-state index >= 15 is 0 Å². The Morgan fingerprint density at radius 2 is 2.05 bits per heavy atom. The molecule has 0 spiro atoms. The smallest absolute Gasteiger partial charge is 0.234 e. The lowest BCUT2D eigenvalue weighted by molar-refractivity contribution is -0.127. The Labute approximate surface area is 125 Å². The Hall–Kier alpha value is -1.88. The second-order valence-electron chi connectivity index (χ2n) is 5.78. The zero-order valence-corrected chi connectivity index (χ0v) is 12.7. The van der Waals surface area contributed by atoms with Crippen molar-refractivity contribution in [3.63, 3.8) is 0 Å². The zero-order valence-electron chi connectivity index (χ0n) is 12.7. The fourth-order valence-corrected chi connectivity index (χ4v) is 2.55. The van der Waals surface area contributed by atoms with Crippen LogP contribution in [0.2, 0.25) is 0 Å². The lowest BCUT2D eigenvalue weighted by Crippen LogP contribution is -2.41. The van der Waals surface area contributed by atoms with Crippen LogP contribution < -0.4 is 5.32 Å². The van der Waals surface area contributed by atoms with Gasteiger partial charge in [-0.25, -0.2) is 0 Å². The highest BCUT2D eigenvalue weighted by Gasteiger charge is 2.30. The molecule has 1 fully saturated rings. The molecule has 21 heavy (non-hydrogen) atoms. The first-order valence-electron chi connectivity index (χ1n) is 7.30. The summed E-state index contributed by atoms with van der Waals surface area (Å²) in [4.78, 5) is 27.4. The van der Waals surface area contributed by atoms with Crippen molar-refractivity contribution in [2.24, 2.45) is 0 Å². The van der Waals surface area contributed by atoms with Gasteiger partial charge in [0.15, 0.2) is 0 Å². The third-order valence-electron chi connectivity index (χ3n) is 3.55. The molecule has 5 nitrogen and oxygen atoms in total. The van der Waals surface area contributed by atoms with Crippen LogP contribution in [-0.2, 0) is 16.0 Å². The minimum Gasteiger partial charge on any atom is -0.350 e. The zero-order chi connectivity index (χ0) is 15.2. The molecule has 1 aromatic rings. The van der Waals surface area contributed by atoms with Crippen molar-refractivity contribution in [3.05, 3.63) is 35.9 Å². The molecule has 5 heteroatoms. The van der Waals surface area contributed by atoms with Crippen LogP contribution in [0.25, 0.3) is 0 Å². The molecule has 2 amide bonds. The average Bonchev–Trinajstić information content (AvgIpc) is 2.76. The van der Waals surface area contributed by atoms with Crippen molar-refractivity contribution in [1.29, 1.82) is 0 Å². The van der Waals surface area contributed by atoms with Gasteiger partial charge in [-0.05, 0) is 26.1 Å². The van der Waals surface area contributed by atoms with E-state index in [1.54, 1.807) is 0 Å². The summed E-state index contributed by atoms with van der Waals surface area (Å²) in [6.45, 7) is 1.68. The molecule has 1 aliphatic rings. The van der Waals surface area contributed by atoms with E-state index in [4.69, 9.17) is 0 Å². The molecule has 1 N–H and O–H groups in total. The number of hydrogen-bond acceptors (Lipinski definition) is 3. The molecule has 114 valence electrons. The number of nitrogens with one attached hydrogen (secondary N) is 1. The maximum Gasteiger partial charge on any atom is 0.234 e. The molecule has 0 radical (unpaired) electrons. The van der Waals surface area contributed by atoms with Gasteiger partial charge < -0.3 is 15.1 Å². The summed E-state index contributed by atoms with van der Waals surface area (Å²) >= 11 is 0. The number of hydrogen-bond donors (Lipinski definition) is 1. The summed E-state index contributed by atoms with van der Waals surface area (Å²) < 4.78 is 0. The predicted octanol–water partition coefficient (Wildman–Crippen LogP) is 0.508. The molecule has 0 saturated carbocycles. The van der Waals surface area contributed by atoms with E-state index in [2.05, 4.69) is 17.4 Å². The molecule has 1 aromatic carbocycles. The van der Waals surface area contributed by atoms with Gasteiger partial charge in [0.05, 0.1) is 12.6 Å². The van der Waals surface area contributed by atoms with Crippen LogP contribution in [0.3, 0.4) is 0 Å². The predicted molar refractivity (Wildman–Crippen MR) is 81.8 cm³/mol. The van der Waals surface area contributed by atoms with Crippen LogP contribution >= 0.6 is 0 Å². The number of amides is 2. The molecule has 1 unspecified atom stereocenters. The van der Waals surface area contributed by atoms with Crippen molar-refractivity contribution in [1.82, 2.24) is 15.1 Å². The van der Waals surface area contributed by atoms with E-state index in [-0.39, 0.29) is 17.9 Å². The molecule has 0 bridgehead atoms. The van der Waals surface area contributed by atoms with Gasteiger partial charge in [-0.3, -0.25) is 9.59 Å². The molecular formula is C16H23N3O2. The van der Waals surface area contributed by atoms with Crippen molar-refractivity contribution in [2.75, 3.05) is 33.7 Å². The minimum absolute atomic E-state index is 0.0253. The van der Waals surface area contributed by atoms with Gasteiger partial charge in [0.1, 0.15) is 0 Å². The Balaban J connectivity index is 1.78. The monoisotopic (exact) mass is 289 g/mol. The first-order valence-corrected chi connectivity index (χ1v) is 7.30. The lowest BCUT2D eigenvalue weighted by Gasteiger charge is -2.18. The van der Waals surface area contributed by atoms with Crippen molar-refractivity contribution in [3.8, 4) is 0 Å². The molecule has 1 saturated heterocycles. The van der Waals surface area contributed by atoms with Gasteiger partial charge in [-0.2, -0.15) is 0 Å². The Morgan fingerprint density at radius 1 is 1.33 bits per heavy atom. The summed E-state index contributed by atoms with van der Waals surface area (Å²) in [6.07, 6.45) is 1.26. The van der Waals surface area contributed by atoms with Crippen LogP contribution in [-0.4, -0.2) is 61.4 Å². The summed E-state index contributed by atoms with van der Waals surface area (Å²) in [5, 5.41) is 2.93. The fourth-order valence-electron chi connectivity index (χ4n) is 2.55. The Bertz CT molecular complexity index is 488. The number of carbonyl (C=O) groups is 2. The maximum absolute atomic E-state index is 12.0. The summed E-state index contributed by atoms with van der Waals surface area (Å²) in [5.74, 6) is 0.101. The minimum atomic E-state index is -0.0549. The van der Waals surface area contributed by atoms with Crippen LogP contribution in [0, 0.1) is 0 Å². The quantitative estimate of drug-likeness (QED) is 0.830. The highest BCUT2D eigenvalue weighted by molar-refractivity contribution is 5.83. The van der Waals surface area contributed by atoms with E-state index in [1.165, 1.54) is 5.56 Å². The third kappa shape index (κ3) is 4.86. The largest absolute Gasteiger partial charge is 0.350 e. The average molecular weight is 289 g/mol. The Morgan fingerprint density at radius 3 is 2.71 bits per heavy atom. The number of benzene rings is 1. The second kappa shape index (κ2) is 7.22. The maximum atomic E-state index is 12.0. The summed E-state index contributed by atoms with van der Waals surface area (Å²) in [6, 6.07) is 10.1. The van der Waals surface area contributed by atoms with Gasteiger partial charge in [-0.15, -0.1) is 0 Å². The molecule has 1 aliphatic heterocycles. The van der Waals surface area contributed by atoms with E-state index < -0.39 is 0 Å². The molecule has 1 heterocycles. The SMILES string of the molecule is CN(C)CC(=O)NC1CC(=O)N(CCc2ccccc2)C1. The number of rotatable bonds is 6. The van der Waals surface area contributed by atoms with Crippen molar-refractivity contribution >= 4 is 11.8 Å². The summed E-state index contributed by atoms with van der Waals surface area (Å²) in [5.41, 5.74) is 1.23. The molecule has 0 aliphatic carbocycles. The van der Waals surface area contributed by atoms with Gasteiger partial charge in [0.2, 0.25) is 11.8 Å². The topological polar surface area (TPSA) is 52.7 Å². The highest BCUT2D eigenvalue weighted by Crippen LogP contribution is 2.12. The van der Waals surface area contributed by atoms with E-state index in [1.807, 2.05) is 42.1 Å². The molecule has 0 aromatic heterocycles. The number of likely N-dealkylation sites (tertiary alicyclic amines) is 1. The van der Waals surface area contributed by atoms with Crippen LogP contribution in [0.15, 0.2) is 30.3 Å². The first kappa shape index (κ1) is 15.5. The number of carbonyl (C=O) groups excluding carboxylic acids is 2. The first-order chi connectivity index (χ1) is 10.0. The molecular weight excluding hydrogens is 266 g/mol. The van der Waals surface area contributed by atoms with Crippen molar-refractivity contribution in [2.45, 2.75) is 18.9 Å². The lowest BCUT2D eigenvalue weighted by atomic mass is 10.1. The van der Waals surface area contributed by atoms with E-state index in [9.17, 15) is 9.59 Å². The molecule has 2 rings (SSSR count). The van der Waals surface area contributed by atoms with E-state index in [0.717, 1.165) is 6.42 Å². The third-order valence-corrected chi connectivity index (χ3v) is 3.55. The normalized spacial score (nSPS) is 18.3. The van der Waals surface area contributed by atoms with Crippen LogP contribution in [0.4, 0.5) is 0 Å². The number of likely N-dealkylation sites (N-methyl/N-ethyl adjacent to an activating group) is 1. The van der Waals surface area contributed by atoms with Crippen molar-refractivity contribution < 1.29 is 9.59 Å². The van der Waals surface area contributed by atoms with Crippen LogP contribution in [0.5, 0.6) is 0 Å². The van der Waals surface area contributed by atoms with Gasteiger partial charge >= 0.3 is 0 Å². The van der Waals surface area contributed by atoms with Gasteiger partial charge in [0.25, 0.3) is 0 Å². The fraction of sp³-hybridized carbons (Fsp3) is 0.500. The highest BCUT2D eigenvalue weighted by atomic mass is 16.2. The molecule has 1 atom stereocenters. The van der Waals surface area contributed by atoms with Crippen LogP contribution in [0.1, 0.15) is 12.0 Å². The van der Waals surface area contributed by atoms with Gasteiger partial charge in [0, 0.05) is 19.5 Å². The summed E-state index contributed by atoms with van der Waals surface area (Å²) in [7, 11) is 3.71. The second-order valence-corrected chi connectivity index (χ2v) is 5.78. The Kier molecular flexibility index (Phi) is 5.33. The standard InChI is InChI=1S/C16H23N3O2/c1-18(2)12-15(20)17-14-10-16(21)19(11-14)9-8-13-6-4-3-5-7-13/h3-7,14H,8-12H2,1-2H3,(H,17,20). The van der Waals surface area contributed by atoms with Gasteiger partial charge in [-0.1, -0.05) is 30.3 Å². The number of nitrogens with zero attached hydrogens (tertiary/aromatic N) is 2. The van der Waals surface area contributed by atoms with E-state index in [0.29, 0.717) is 26.1 Å².